The minimum absolute atomic E-state index is 0.0457. The van der Waals surface area contributed by atoms with E-state index in [1.54, 1.807) is 24.3 Å². The van der Waals surface area contributed by atoms with Gasteiger partial charge in [-0.25, -0.2) is 9.37 Å². The number of benzene rings is 1. The minimum atomic E-state index is -1.35. The highest BCUT2D eigenvalue weighted by molar-refractivity contribution is 6.31. The summed E-state index contributed by atoms with van der Waals surface area (Å²) in [6.45, 7) is 4.59. The number of nitrogens with one attached hydrogen (secondary N) is 3. The van der Waals surface area contributed by atoms with E-state index in [1.165, 1.54) is 6.07 Å². The highest BCUT2D eigenvalue weighted by Crippen LogP contribution is 2.63. The Kier molecular flexibility index (Phi) is 7.34. The Morgan fingerprint density at radius 1 is 1.17 bits per heavy atom. The molecular formula is C30H35Cl2FN4O4. The number of aromatic nitrogens is 1. The number of aliphatic hydroxyl groups excluding tert-OH is 1. The molecule has 1 aliphatic carbocycles. The molecule has 1 aromatic carbocycles. The summed E-state index contributed by atoms with van der Waals surface area (Å²) in [5, 5.41) is 19.3. The third-order valence-corrected chi connectivity index (χ3v) is 10.3. The first-order valence-electron chi connectivity index (χ1n) is 14.2. The second-order valence-electron chi connectivity index (χ2n) is 12.7. The second kappa shape index (κ2) is 10.5. The molecule has 2 saturated heterocycles. The predicted octanol–water partition coefficient (Wildman–Crippen LogP) is 4.47. The monoisotopic (exact) mass is 604 g/mol. The van der Waals surface area contributed by atoms with Gasteiger partial charge in [-0.05, 0) is 61.6 Å². The zero-order valence-corrected chi connectivity index (χ0v) is 24.6. The Morgan fingerprint density at radius 2 is 1.93 bits per heavy atom. The molecule has 2 aromatic rings. The van der Waals surface area contributed by atoms with Crippen LogP contribution in [-0.2, 0) is 19.7 Å². The molecule has 4 N–H and O–H groups in total. The molecule has 4 aliphatic rings. The number of nitrogens with zero attached hydrogens (tertiary/aromatic N) is 1. The molecule has 41 heavy (non-hydrogen) atoms. The molecule has 0 radical (unpaired) electrons. The number of carbonyl (C=O) groups excluding carboxylic acids is 2. The van der Waals surface area contributed by atoms with Crippen LogP contribution in [0.25, 0.3) is 0 Å². The Balaban J connectivity index is 1.51. The molecule has 0 bridgehead atoms. The SMILES string of the molecule is CC1(C)CCC2(CC1)N[C@@H](C(=O)N[C@@H]1CC[C@@H](CO)OC1)[C@H](c1cccc(Cl)c1F)[C@]21C(=O)Nc2nc(Cl)ccc21. The van der Waals surface area contributed by atoms with Crippen molar-refractivity contribution >= 4 is 40.8 Å². The molecule has 11 heteroatoms. The van der Waals surface area contributed by atoms with Crippen molar-refractivity contribution < 1.29 is 23.8 Å². The van der Waals surface area contributed by atoms with Crippen molar-refractivity contribution in [1.82, 2.24) is 15.6 Å². The largest absolute Gasteiger partial charge is 0.394 e. The van der Waals surface area contributed by atoms with Gasteiger partial charge in [0.1, 0.15) is 22.2 Å². The first kappa shape index (κ1) is 28.8. The van der Waals surface area contributed by atoms with Crippen molar-refractivity contribution in [3.63, 3.8) is 0 Å². The van der Waals surface area contributed by atoms with Gasteiger partial charge in [0.05, 0.1) is 36.4 Å². The molecule has 8 nitrogen and oxygen atoms in total. The molecule has 1 saturated carbocycles. The maximum atomic E-state index is 16.0. The molecule has 0 unspecified atom stereocenters. The van der Waals surface area contributed by atoms with E-state index in [9.17, 15) is 14.7 Å². The van der Waals surface area contributed by atoms with Gasteiger partial charge in [0.15, 0.2) is 0 Å². The smallest absolute Gasteiger partial charge is 0.238 e. The minimum Gasteiger partial charge on any atom is -0.394 e. The van der Waals surface area contributed by atoms with Crippen LogP contribution in [0.15, 0.2) is 30.3 Å². The molecular weight excluding hydrogens is 570 g/mol. The van der Waals surface area contributed by atoms with Crippen molar-refractivity contribution in [2.45, 2.75) is 87.4 Å². The van der Waals surface area contributed by atoms with E-state index in [0.717, 1.165) is 12.8 Å². The van der Waals surface area contributed by atoms with Gasteiger partial charge in [0, 0.05) is 17.0 Å². The van der Waals surface area contributed by atoms with E-state index >= 15 is 4.39 Å². The van der Waals surface area contributed by atoms with Crippen LogP contribution in [-0.4, -0.2) is 58.8 Å². The molecule has 2 spiro atoms. The van der Waals surface area contributed by atoms with E-state index < -0.39 is 28.7 Å². The van der Waals surface area contributed by atoms with Gasteiger partial charge in [-0.2, -0.15) is 0 Å². The second-order valence-corrected chi connectivity index (χ2v) is 13.5. The Hall–Kier alpha value is -2.30. The summed E-state index contributed by atoms with van der Waals surface area (Å²) in [5.74, 6) is -1.92. The number of hydrogen-bond donors (Lipinski definition) is 4. The number of fused-ring (bicyclic) bond motifs is 3. The summed E-state index contributed by atoms with van der Waals surface area (Å²) in [5.41, 5.74) is -1.37. The Bertz CT molecular complexity index is 1370. The van der Waals surface area contributed by atoms with Crippen molar-refractivity contribution in [1.29, 1.82) is 0 Å². The van der Waals surface area contributed by atoms with Gasteiger partial charge in [-0.1, -0.05) is 55.2 Å². The number of rotatable bonds is 4. The van der Waals surface area contributed by atoms with Crippen LogP contribution < -0.4 is 16.0 Å². The van der Waals surface area contributed by atoms with E-state index in [1.807, 2.05) is 0 Å². The third-order valence-electron chi connectivity index (χ3n) is 9.84. The first-order valence-corrected chi connectivity index (χ1v) is 15.0. The number of amides is 2. The predicted molar refractivity (Wildman–Crippen MR) is 154 cm³/mol. The lowest BCUT2D eigenvalue weighted by Crippen LogP contribution is -2.61. The van der Waals surface area contributed by atoms with Gasteiger partial charge in [0.25, 0.3) is 0 Å². The van der Waals surface area contributed by atoms with E-state index in [0.29, 0.717) is 37.1 Å². The lowest BCUT2D eigenvalue weighted by molar-refractivity contribution is -0.126. The molecule has 2 amide bonds. The number of ether oxygens (including phenoxy) is 1. The maximum absolute atomic E-state index is 16.0. The zero-order chi connectivity index (χ0) is 29.2. The summed E-state index contributed by atoms with van der Waals surface area (Å²) in [6, 6.07) is 6.92. The summed E-state index contributed by atoms with van der Waals surface area (Å²) in [4.78, 5) is 33.1. The number of halogens is 3. The Labute approximate surface area is 248 Å². The lowest BCUT2D eigenvalue weighted by atomic mass is 9.53. The fourth-order valence-corrected chi connectivity index (χ4v) is 7.97. The summed E-state index contributed by atoms with van der Waals surface area (Å²) >= 11 is 12.5. The first-order chi connectivity index (χ1) is 19.5. The zero-order valence-electron chi connectivity index (χ0n) is 23.1. The lowest BCUT2D eigenvalue weighted by Gasteiger charge is -2.50. The number of aliphatic hydroxyl groups is 1. The van der Waals surface area contributed by atoms with E-state index in [-0.39, 0.29) is 58.3 Å². The van der Waals surface area contributed by atoms with Crippen LogP contribution in [0.5, 0.6) is 0 Å². The fraction of sp³-hybridized carbons (Fsp3) is 0.567. The average molecular weight is 606 g/mol. The maximum Gasteiger partial charge on any atom is 0.238 e. The molecule has 220 valence electrons. The summed E-state index contributed by atoms with van der Waals surface area (Å²) in [7, 11) is 0. The van der Waals surface area contributed by atoms with Crippen molar-refractivity contribution in [3.8, 4) is 0 Å². The van der Waals surface area contributed by atoms with Crippen molar-refractivity contribution in [2.24, 2.45) is 5.41 Å². The van der Waals surface area contributed by atoms with Gasteiger partial charge < -0.3 is 20.5 Å². The molecule has 4 heterocycles. The van der Waals surface area contributed by atoms with Crippen molar-refractivity contribution in [2.75, 3.05) is 18.5 Å². The molecule has 1 aromatic heterocycles. The van der Waals surface area contributed by atoms with Gasteiger partial charge in [-0.15, -0.1) is 0 Å². The Morgan fingerprint density at radius 3 is 2.61 bits per heavy atom. The quantitative estimate of drug-likeness (QED) is 0.383. The third kappa shape index (κ3) is 4.56. The average Bonchev–Trinajstić information content (AvgIpc) is 3.40. The van der Waals surface area contributed by atoms with E-state index in [2.05, 4.69) is 34.8 Å². The van der Waals surface area contributed by atoms with Crippen LogP contribution in [0.1, 0.15) is 69.4 Å². The van der Waals surface area contributed by atoms with Crippen LogP contribution in [0.3, 0.4) is 0 Å². The standard InChI is InChI=1S/C30H35Cl2FN4O4/c1-28(2)10-12-29(13-11-28)30(19-8-9-21(32)35-25(19)36-27(30)40)22(18-4-3-5-20(31)23(18)33)24(37-29)26(39)34-16-6-7-17(14-38)41-15-16/h3-5,8-9,16-17,22,24,37-38H,6-7,10-15H2,1-2H3,(H,34,39)(H,35,36,40)/t16-,17+,22+,24-,30-/m1/s1. The molecule has 6 rings (SSSR count). The number of hydrogen-bond acceptors (Lipinski definition) is 6. The van der Waals surface area contributed by atoms with Gasteiger partial charge in [0.2, 0.25) is 11.8 Å². The number of carbonyl (C=O) groups is 2. The molecule has 3 fully saturated rings. The molecule has 3 aliphatic heterocycles. The highest BCUT2D eigenvalue weighted by atomic mass is 35.5. The van der Waals surface area contributed by atoms with Crippen LogP contribution in [0.4, 0.5) is 10.2 Å². The number of anilines is 1. The topological polar surface area (TPSA) is 113 Å². The summed E-state index contributed by atoms with van der Waals surface area (Å²) in [6.07, 6.45) is 3.81. The van der Waals surface area contributed by atoms with Crippen LogP contribution >= 0.6 is 23.2 Å². The van der Waals surface area contributed by atoms with Crippen LogP contribution in [0, 0.1) is 11.2 Å². The summed E-state index contributed by atoms with van der Waals surface area (Å²) < 4.78 is 21.7. The fourth-order valence-electron chi connectivity index (χ4n) is 7.64. The van der Waals surface area contributed by atoms with Gasteiger partial charge >= 0.3 is 0 Å². The van der Waals surface area contributed by atoms with Gasteiger partial charge in [-0.3, -0.25) is 14.9 Å². The van der Waals surface area contributed by atoms with Crippen LogP contribution in [0.2, 0.25) is 10.2 Å². The molecule has 5 atom stereocenters. The normalized spacial score (nSPS) is 31.7. The van der Waals surface area contributed by atoms with Crippen molar-refractivity contribution in [3.05, 3.63) is 57.5 Å². The highest BCUT2D eigenvalue weighted by Gasteiger charge is 2.73. The van der Waals surface area contributed by atoms with E-state index in [4.69, 9.17) is 27.9 Å². The number of pyridine rings is 1.